The molecule has 1 aromatic rings. The minimum absolute atomic E-state index is 0.00935. The van der Waals surface area contributed by atoms with Crippen LogP contribution in [0.3, 0.4) is 0 Å². The fourth-order valence-electron chi connectivity index (χ4n) is 1.94. The first kappa shape index (κ1) is 13.3. The molecule has 1 atom stereocenters. The fourth-order valence-corrected chi connectivity index (χ4v) is 1.94. The Morgan fingerprint density at radius 2 is 2.26 bits per heavy atom. The van der Waals surface area contributed by atoms with E-state index in [0.717, 1.165) is 12.0 Å². The molecule has 1 aromatic heterocycles. The summed E-state index contributed by atoms with van der Waals surface area (Å²) in [4.78, 5) is 17.7. The fraction of sp³-hybridized carbons (Fsp3) is 0.500. The molecule has 0 N–H and O–H groups in total. The maximum Gasteiger partial charge on any atom is 0.410 e. The van der Waals surface area contributed by atoms with E-state index in [-0.39, 0.29) is 12.1 Å². The number of aromatic nitrogens is 1. The van der Waals surface area contributed by atoms with Crippen molar-refractivity contribution in [3.05, 3.63) is 29.6 Å². The average Bonchev–Trinajstić information content (AvgIpc) is 2.26. The van der Waals surface area contributed by atoms with Gasteiger partial charge in [0.25, 0.3) is 0 Å². The lowest BCUT2D eigenvalue weighted by Gasteiger charge is -2.41. The van der Waals surface area contributed by atoms with E-state index < -0.39 is 5.60 Å². The summed E-state index contributed by atoms with van der Waals surface area (Å²) in [6.07, 6.45) is 2.25. The lowest BCUT2D eigenvalue weighted by molar-refractivity contribution is -0.00579. The van der Waals surface area contributed by atoms with Gasteiger partial charge in [0.2, 0.25) is 0 Å². The van der Waals surface area contributed by atoms with Crippen LogP contribution >= 0.6 is 0 Å². The van der Waals surface area contributed by atoms with Crippen molar-refractivity contribution >= 4 is 6.09 Å². The molecule has 1 fully saturated rings. The Kier molecular flexibility index (Phi) is 3.43. The van der Waals surface area contributed by atoms with Crippen LogP contribution < -0.4 is 0 Å². The van der Waals surface area contributed by atoms with Gasteiger partial charge in [0.1, 0.15) is 17.4 Å². The van der Waals surface area contributed by atoms with Crippen molar-refractivity contribution in [2.45, 2.75) is 38.8 Å². The van der Waals surface area contributed by atoms with E-state index in [4.69, 9.17) is 10.00 Å². The zero-order valence-corrected chi connectivity index (χ0v) is 11.4. The number of rotatable bonds is 1. The largest absolute Gasteiger partial charge is 0.444 e. The summed E-state index contributed by atoms with van der Waals surface area (Å²) in [5.74, 6) is 0. The number of hydrogen-bond donors (Lipinski definition) is 0. The van der Waals surface area contributed by atoms with Gasteiger partial charge in [0.05, 0.1) is 6.04 Å². The molecule has 100 valence electrons. The molecular weight excluding hydrogens is 242 g/mol. The first-order chi connectivity index (χ1) is 8.90. The molecule has 19 heavy (non-hydrogen) atoms. The van der Waals surface area contributed by atoms with Crippen LogP contribution in [0.5, 0.6) is 0 Å². The summed E-state index contributed by atoms with van der Waals surface area (Å²) in [7, 11) is 0. The molecule has 0 spiro atoms. The van der Waals surface area contributed by atoms with Crippen LogP contribution in [0.1, 0.15) is 44.5 Å². The molecule has 0 bridgehead atoms. The topological polar surface area (TPSA) is 66.2 Å². The van der Waals surface area contributed by atoms with E-state index in [1.807, 2.05) is 32.9 Å². The van der Waals surface area contributed by atoms with Gasteiger partial charge >= 0.3 is 6.09 Å². The third-order valence-corrected chi connectivity index (χ3v) is 2.93. The second kappa shape index (κ2) is 4.88. The average molecular weight is 259 g/mol. The lowest BCUT2D eigenvalue weighted by Crippen LogP contribution is -2.47. The van der Waals surface area contributed by atoms with E-state index in [1.54, 1.807) is 17.2 Å². The molecule has 1 aliphatic rings. The number of likely N-dealkylation sites (tertiary alicyclic amines) is 1. The van der Waals surface area contributed by atoms with Crippen LogP contribution in [0.25, 0.3) is 0 Å². The standard InChI is InChI=1S/C14H17N3O2/c1-14(2,3)19-13(18)17-7-6-12(17)10-4-5-11(8-15)16-9-10/h4-5,9,12H,6-7H2,1-3H3. The highest BCUT2D eigenvalue weighted by Crippen LogP contribution is 2.34. The molecule has 2 rings (SSSR count). The molecule has 5 nitrogen and oxygen atoms in total. The summed E-state index contributed by atoms with van der Waals surface area (Å²) in [6.45, 7) is 6.24. The van der Waals surface area contributed by atoms with Crippen LogP contribution in [-0.2, 0) is 4.74 Å². The quantitative estimate of drug-likeness (QED) is 0.777. The van der Waals surface area contributed by atoms with E-state index in [0.29, 0.717) is 12.2 Å². The third-order valence-electron chi connectivity index (χ3n) is 2.93. The van der Waals surface area contributed by atoms with Crippen molar-refractivity contribution in [1.29, 1.82) is 5.26 Å². The monoisotopic (exact) mass is 259 g/mol. The first-order valence-corrected chi connectivity index (χ1v) is 6.26. The summed E-state index contributed by atoms with van der Waals surface area (Å²) in [5.41, 5.74) is 0.836. The summed E-state index contributed by atoms with van der Waals surface area (Å²) >= 11 is 0. The van der Waals surface area contributed by atoms with E-state index in [2.05, 4.69) is 4.98 Å². The normalized spacial score (nSPS) is 18.4. The smallest absolute Gasteiger partial charge is 0.410 e. The molecule has 2 heterocycles. The van der Waals surface area contributed by atoms with Crippen molar-refractivity contribution in [2.24, 2.45) is 0 Å². The maximum absolute atomic E-state index is 12.0. The minimum Gasteiger partial charge on any atom is -0.444 e. The van der Waals surface area contributed by atoms with E-state index >= 15 is 0 Å². The second-order valence-electron chi connectivity index (χ2n) is 5.57. The highest BCUT2D eigenvalue weighted by molar-refractivity contribution is 5.70. The zero-order valence-electron chi connectivity index (χ0n) is 11.4. The molecule has 0 aliphatic carbocycles. The molecular formula is C14H17N3O2. The maximum atomic E-state index is 12.0. The Morgan fingerprint density at radius 1 is 1.53 bits per heavy atom. The van der Waals surface area contributed by atoms with Crippen molar-refractivity contribution in [1.82, 2.24) is 9.88 Å². The third kappa shape index (κ3) is 3.02. The van der Waals surface area contributed by atoms with E-state index in [9.17, 15) is 4.79 Å². The van der Waals surface area contributed by atoms with Crippen LogP contribution in [0, 0.1) is 11.3 Å². The highest BCUT2D eigenvalue weighted by Gasteiger charge is 2.36. The van der Waals surface area contributed by atoms with Crippen molar-refractivity contribution in [3.63, 3.8) is 0 Å². The van der Waals surface area contributed by atoms with Crippen LogP contribution in [0.15, 0.2) is 18.3 Å². The Hall–Kier alpha value is -2.09. The van der Waals surface area contributed by atoms with Gasteiger partial charge in [-0.2, -0.15) is 5.26 Å². The number of hydrogen-bond acceptors (Lipinski definition) is 4. The van der Waals surface area contributed by atoms with Gasteiger partial charge in [-0.3, -0.25) is 0 Å². The lowest BCUT2D eigenvalue weighted by atomic mass is 9.96. The predicted molar refractivity (Wildman–Crippen MR) is 69.3 cm³/mol. The minimum atomic E-state index is -0.486. The molecule has 0 saturated carbocycles. The second-order valence-corrected chi connectivity index (χ2v) is 5.57. The molecule has 0 aromatic carbocycles. The van der Waals surface area contributed by atoms with Crippen molar-refractivity contribution in [2.75, 3.05) is 6.54 Å². The van der Waals surface area contributed by atoms with Crippen molar-refractivity contribution in [3.8, 4) is 6.07 Å². The SMILES string of the molecule is CC(C)(C)OC(=O)N1CCC1c1ccc(C#N)nc1. The highest BCUT2D eigenvalue weighted by atomic mass is 16.6. The Morgan fingerprint density at radius 3 is 2.68 bits per heavy atom. The Labute approximate surface area is 112 Å². The molecule has 1 saturated heterocycles. The Bertz CT molecular complexity index is 511. The molecule has 5 heteroatoms. The van der Waals surface area contributed by atoms with Crippen LogP contribution in [0.4, 0.5) is 4.79 Å². The number of nitrogens with zero attached hydrogens (tertiary/aromatic N) is 3. The van der Waals surface area contributed by atoms with Crippen molar-refractivity contribution < 1.29 is 9.53 Å². The predicted octanol–water partition coefficient (Wildman–Crippen LogP) is 2.64. The number of ether oxygens (including phenoxy) is 1. The number of amides is 1. The molecule has 1 aliphatic heterocycles. The summed E-state index contributed by atoms with van der Waals surface area (Å²) in [6, 6.07) is 5.49. The Balaban J connectivity index is 2.06. The van der Waals surface area contributed by atoms with Gasteiger partial charge in [-0.25, -0.2) is 9.78 Å². The van der Waals surface area contributed by atoms with Gasteiger partial charge in [0, 0.05) is 12.7 Å². The number of carbonyl (C=O) groups is 1. The first-order valence-electron chi connectivity index (χ1n) is 6.26. The van der Waals surface area contributed by atoms with Gasteiger partial charge in [-0.15, -0.1) is 0 Å². The van der Waals surface area contributed by atoms with Crippen LogP contribution in [0.2, 0.25) is 0 Å². The van der Waals surface area contributed by atoms with Gasteiger partial charge in [0.15, 0.2) is 0 Å². The van der Waals surface area contributed by atoms with E-state index in [1.165, 1.54) is 0 Å². The summed E-state index contributed by atoms with van der Waals surface area (Å²) in [5, 5.41) is 8.71. The molecule has 1 unspecified atom stereocenters. The zero-order chi connectivity index (χ0) is 14.0. The van der Waals surface area contributed by atoms with Gasteiger partial charge < -0.3 is 9.64 Å². The summed E-state index contributed by atoms with van der Waals surface area (Å²) < 4.78 is 5.35. The number of pyridine rings is 1. The van der Waals surface area contributed by atoms with Crippen LogP contribution in [-0.4, -0.2) is 28.1 Å². The number of carbonyl (C=O) groups excluding carboxylic acids is 1. The van der Waals surface area contributed by atoms with Gasteiger partial charge in [-0.05, 0) is 38.8 Å². The van der Waals surface area contributed by atoms with Gasteiger partial charge in [-0.1, -0.05) is 6.07 Å². The molecule has 1 amide bonds. The number of nitriles is 1. The molecule has 0 radical (unpaired) electrons.